The molecule has 86 valence electrons. The molecule has 0 fully saturated rings. The fourth-order valence-corrected chi connectivity index (χ4v) is 0.899. The molecular weight excluding hydrogens is 214 g/mol. The number of aromatic nitrogens is 2. The Morgan fingerprint density at radius 2 is 2.06 bits per heavy atom. The fourth-order valence-electron chi connectivity index (χ4n) is 0.899. The molecule has 0 aliphatic rings. The molecule has 16 heavy (non-hydrogen) atoms. The predicted octanol–water partition coefficient (Wildman–Crippen LogP) is -2.22. The van der Waals surface area contributed by atoms with Crippen LogP contribution in [0.2, 0.25) is 0 Å². The van der Waals surface area contributed by atoms with Crippen molar-refractivity contribution in [1.29, 1.82) is 0 Å². The van der Waals surface area contributed by atoms with Crippen molar-refractivity contribution in [2.45, 2.75) is 6.54 Å². The third-order valence-electron chi connectivity index (χ3n) is 1.55. The molecule has 0 unspecified atom stereocenters. The van der Waals surface area contributed by atoms with Crippen LogP contribution < -0.4 is 16.2 Å². The van der Waals surface area contributed by atoms with E-state index in [1.165, 1.54) is 4.68 Å². The van der Waals surface area contributed by atoms with Crippen LogP contribution in [0.3, 0.4) is 0 Å². The van der Waals surface area contributed by atoms with Crippen LogP contribution in [-0.4, -0.2) is 34.5 Å². The van der Waals surface area contributed by atoms with Gasteiger partial charge in [0, 0.05) is 12.4 Å². The molecule has 1 heterocycles. The summed E-state index contributed by atoms with van der Waals surface area (Å²) >= 11 is 0. The van der Waals surface area contributed by atoms with E-state index in [1.807, 2.05) is 0 Å². The van der Waals surface area contributed by atoms with E-state index in [9.17, 15) is 14.4 Å². The van der Waals surface area contributed by atoms with Gasteiger partial charge in [-0.25, -0.2) is 0 Å². The van der Waals surface area contributed by atoms with E-state index in [0.29, 0.717) is 6.41 Å². The zero-order valence-corrected chi connectivity index (χ0v) is 8.34. The summed E-state index contributed by atoms with van der Waals surface area (Å²) in [6.45, 7) is -0.181. The van der Waals surface area contributed by atoms with Crippen molar-refractivity contribution in [3.63, 3.8) is 0 Å². The van der Waals surface area contributed by atoms with Crippen molar-refractivity contribution in [3.05, 3.63) is 18.5 Å². The Kier molecular flexibility index (Phi) is 4.51. The Hall–Kier alpha value is -2.38. The predicted molar refractivity (Wildman–Crippen MR) is 52.6 cm³/mol. The van der Waals surface area contributed by atoms with Crippen LogP contribution in [0.1, 0.15) is 0 Å². The normalized spacial score (nSPS) is 9.25. The van der Waals surface area contributed by atoms with Crippen molar-refractivity contribution in [3.8, 4) is 0 Å². The SMILES string of the molecule is O=CNCC(=O)NNC(=O)Cn1cccn1. The number of rotatable bonds is 5. The molecule has 1 rings (SSSR count). The summed E-state index contributed by atoms with van der Waals surface area (Å²) < 4.78 is 1.41. The summed E-state index contributed by atoms with van der Waals surface area (Å²) in [4.78, 5) is 32.0. The third kappa shape index (κ3) is 4.22. The lowest BCUT2D eigenvalue weighted by molar-refractivity contribution is -0.129. The molecule has 8 heteroatoms. The number of hydrogen-bond donors (Lipinski definition) is 3. The van der Waals surface area contributed by atoms with Gasteiger partial charge in [-0.2, -0.15) is 5.10 Å². The van der Waals surface area contributed by atoms with E-state index in [2.05, 4.69) is 21.3 Å². The Morgan fingerprint density at radius 1 is 1.31 bits per heavy atom. The molecule has 3 N–H and O–H groups in total. The van der Waals surface area contributed by atoms with Crippen molar-refractivity contribution < 1.29 is 14.4 Å². The standard InChI is InChI=1S/C8H11N5O3/c14-6-9-4-7(15)11-12-8(16)5-13-3-1-2-10-13/h1-3,6H,4-5H2,(H,9,14)(H,11,15)(H,12,16). The highest BCUT2D eigenvalue weighted by Crippen LogP contribution is 1.82. The van der Waals surface area contributed by atoms with Crippen LogP contribution in [0.15, 0.2) is 18.5 Å². The molecule has 3 amide bonds. The van der Waals surface area contributed by atoms with E-state index in [0.717, 1.165) is 0 Å². The maximum absolute atomic E-state index is 11.2. The van der Waals surface area contributed by atoms with E-state index in [1.54, 1.807) is 18.5 Å². The average Bonchev–Trinajstić information content (AvgIpc) is 2.76. The number of hydrazine groups is 1. The van der Waals surface area contributed by atoms with Gasteiger partial charge < -0.3 is 5.32 Å². The molecule has 0 radical (unpaired) electrons. The Bertz CT molecular complexity index is 362. The largest absolute Gasteiger partial charge is 0.350 e. The van der Waals surface area contributed by atoms with Crippen molar-refractivity contribution in [2.75, 3.05) is 6.54 Å². The Labute approximate surface area is 91.0 Å². The minimum atomic E-state index is -0.513. The van der Waals surface area contributed by atoms with Gasteiger partial charge >= 0.3 is 0 Å². The van der Waals surface area contributed by atoms with E-state index >= 15 is 0 Å². The molecule has 0 aromatic carbocycles. The molecule has 0 spiro atoms. The zero-order chi connectivity index (χ0) is 11.8. The van der Waals surface area contributed by atoms with E-state index in [4.69, 9.17) is 0 Å². The van der Waals surface area contributed by atoms with Gasteiger partial charge in [-0.15, -0.1) is 0 Å². The van der Waals surface area contributed by atoms with E-state index < -0.39 is 11.8 Å². The molecule has 0 saturated carbocycles. The summed E-state index contributed by atoms with van der Waals surface area (Å²) in [7, 11) is 0. The molecule has 0 bridgehead atoms. The van der Waals surface area contributed by atoms with Crippen molar-refractivity contribution >= 4 is 18.2 Å². The topological polar surface area (TPSA) is 105 Å². The first-order valence-electron chi connectivity index (χ1n) is 4.44. The first-order chi connectivity index (χ1) is 7.72. The lowest BCUT2D eigenvalue weighted by Gasteiger charge is -2.06. The highest BCUT2D eigenvalue weighted by Gasteiger charge is 2.04. The highest BCUT2D eigenvalue weighted by molar-refractivity contribution is 5.83. The molecule has 8 nitrogen and oxygen atoms in total. The summed E-state index contributed by atoms with van der Waals surface area (Å²) in [5.74, 6) is -0.927. The van der Waals surface area contributed by atoms with Gasteiger partial charge in [-0.05, 0) is 6.07 Å². The highest BCUT2D eigenvalue weighted by atomic mass is 16.2. The Morgan fingerprint density at radius 3 is 2.69 bits per heavy atom. The quantitative estimate of drug-likeness (QED) is 0.390. The number of nitrogens with zero attached hydrogens (tertiary/aromatic N) is 2. The van der Waals surface area contributed by atoms with Gasteiger partial charge in [0.05, 0.1) is 6.54 Å². The molecule has 1 aromatic rings. The number of carbonyl (C=O) groups is 3. The minimum absolute atomic E-state index is 0.00832. The number of nitrogens with one attached hydrogen (secondary N) is 3. The molecule has 0 saturated heterocycles. The number of hydrogen-bond acceptors (Lipinski definition) is 4. The second kappa shape index (κ2) is 6.17. The summed E-state index contributed by atoms with van der Waals surface area (Å²) in [5.41, 5.74) is 4.30. The van der Waals surface area contributed by atoms with Crippen LogP contribution in [0.5, 0.6) is 0 Å². The van der Waals surface area contributed by atoms with Gasteiger partial charge in [0.1, 0.15) is 6.54 Å². The number of amides is 3. The van der Waals surface area contributed by atoms with Crippen LogP contribution in [-0.2, 0) is 20.9 Å². The smallest absolute Gasteiger partial charge is 0.260 e. The van der Waals surface area contributed by atoms with Crippen molar-refractivity contribution in [1.82, 2.24) is 25.9 Å². The monoisotopic (exact) mass is 225 g/mol. The lowest BCUT2D eigenvalue weighted by atomic mass is 10.6. The maximum atomic E-state index is 11.2. The fraction of sp³-hybridized carbons (Fsp3) is 0.250. The van der Waals surface area contributed by atoms with Gasteiger partial charge in [0.15, 0.2) is 0 Å². The lowest BCUT2D eigenvalue weighted by Crippen LogP contribution is -2.46. The Balaban J connectivity index is 2.20. The minimum Gasteiger partial charge on any atom is -0.350 e. The van der Waals surface area contributed by atoms with Gasteiger partial charge in [-0.1, -0.05) is 0 Å². The number of carbonyl (C=O) groups excluding carboxylic acids is 3. The molecule has 1 aromatic heterocycles. The first-order valence-corrected chi connectivity index (χ1v) is 4.44. The van der Waals surface area contributed by atoms with Gasteiger partial charge in [0.25, 0.3) is 11.8 Å². The molecule has 0 aliphatic heterocycles. The molecule has 0 atom stereocenters. The van der Waals surface area contributed by atoms with Gasteiger partial charge in [0.2, 0.25) is 6.41 Å². The zero-order valence-electron chi connectivity index (χ0n) is 8.34. The van der Waals surface area contributed by atoms with Crippen LogP contribution in [0, 0.1) is 0 Å². The molecule has 0 aliphatic carbocycles. The second-order valence-corrected chi connectivity index (χ2v) is 2.80. The summed E-state index contributed by atoms with van der Waals surface area (Å²) in [5, 5.41) is 5.97. The maximum Gasteiger partial charge on any atom is 0.260 e. The van der Waals surface area contributed by atoms with Crippen LogP contribution >= 0.6 is 0 Å². The van der Waals surface area contributed by atoms with E-state index in [-0.39, 0.29) is 13.1 Å². The second-order valence-electron chi connectivity index (χ2n) is 2.80. The van der Waals surface area contributed by atoms with Crippen LogP contribution in [0.4, 0.5) is 0 Å². The first kappa shape index (κ1) is 11.7. The average molecular weight is 225 g/mol. The van der Waals surface area contributed by atoms with Gasteiger partial charge in [-0.3, -0.25) is 29.9 Å². The summed E-state index contributed by atoms with van der Waals surface area (Å²) in [6, 6.07) is 1.68. The van der Waals surface area contributed by atoms with Crippen LogP contribution in [0.25, 0.3) is 0 Å². The third-order valence-corrected chi connectivity index (χ3v) is 1.55. The van der Waals surface area contributed by atoms with Crippen molar-refractivity contribution in [2.24, 2.45) is 0 Å². The molecular formula is C8H11N5O3. The summed E-state index contributed by atoms with van der Waals surface area (Å²) in [6.07, 6.45) is 3.56.